The van der Waals surface area contributed by atoms with Crippen LogP contribution in [0.2, 0.25) is 0 Å². The molecule has 7 nitrogen and oxygen atoms in total. The summed E-state index contributed by atoms with van der Waals surface area (Å²) in [6, 6.07) is 8.49. The quantitative estimate of drug-likeness (QED) is 0.600. The number of fused-ring (bicyclic) bond motifs is 1. The van der Waals surface area contributed by atoms with Gasteiger partial charge in [-0.3, -0.25) is 14.0 Å². The standard InChI is InChI=1S/C16H11N5O2S/c22-14-7-12(17-9-18-14)15(23)19-11-3-1-10(2-4-11)13-8-21-5-6-24-16(21)20-13/h1-9H,(H,19,23)(H,17,18,22). The average molecular weight is 337 g/mol. The van der Waals surface area contributed by atoms with E-state index in [2.05, 4.69) is 20.3 Å². The fourth-order valence-electron chi connectivity index (χ4n) is 2.28. The molecule has 0 aliphatic carbocycles. The summed E-state index contributed by atoms with van der Waals surface area (Å²) >= 11 is 1.57. The molecule has 0 fully saturated rings. The lowest BCUT2D eigenvalue weighted by molar-refractivity contribution is 0.102. The minimum atomic E-state index is -0.434. The van der Waals surface area contributed by atoms with Crippen molar-refractivity contribution in [3.63, 3.8) is 0 Å². The zero-order chi connectivity index (χ0) is 16.5. The molecule has 24 heavy (non-hydrogen) atoms. The number of benzene rings is 1. The zero-order valence-corrected chi connectivity index (χ0v) is 13.1. The van der Waals surface area contributed by atoms with Gasteiger partial charge in [-0.2, -0.15) is 0 Å². The molecule has 2 N–H and O–H groups in total. The van der Waals surface area contributed by atoms with Crippen LogP contribution in [0, 0.1) is 0 Å². The highest BCUT2D eigenvalue weighted by atomic mass is 32.1. The van der Waals surface area contributed by atoms with Crippen LogP contribution in [0.3, 0.4) is 0 Å². The van der Waals surface area contributed by atoms with Crippen LogP contribution in [0.4, 0.5) is 5.69 Å². The zero-order valence-electron chi connectivity index (χ0n) is 12.3. The van der Waals surface area contributed by atoms with E-state index in [1.165, 1.54) is 6.33 Å². The molecule has 4 aromatic rings. The summed E-state index contributed by atoms with van der Waals surface area (Å²) in [5, 5.41) is 4.69. The van der Waals surface area contributed by atoms with Crippen LogP contribution >= 0.6 is 11.3 Å². The predicted octanol–water partition coefficient (Wildman–Crippen LogP) is 2.40. The largest absolute Gasteiger partial charge is 0.321 e. The van der Waals surface area contributed by atoms with Gasteiger partial charge in [0.1, 0.15) is 5.69 Å². The van der Waals surface area contributed by atoms with Crippen molar-refractivity contribution < 1.29 is 4.79 Å². The van der Waals surface area contributed by atoms with Gasteiger partial charge in [0.15, 0.2) is 4.96 Å². The van der Waals surface area contributed by atoms with Crippen LogP contribution in [0.5, 0.6) is 0 Å². The number of carbonyl (C=O) groups excluding carboxylic acids is 1. The van der Waals surface area contributed by atoms with Crippen molar-refractivity contribution in [2.24, 2.45) is 0 Å². The summed E-state index contributed by atoms with van der Waals surface area (Å²) in [5.74, 6) is -0.434. The predicted molar refractivity (Wildman–Crippen MR) is 91.3 cm³/mol. The molecule has 3 heterocycles. The molecule has 0 saturated carbocycles. The summed E-state index contributed by atoms with van der Waals surface area (Å²) in [4.78, 5) is 35.0. The Morgan fingerprint density at radius 3 is 2.83 bits per heavy atom. The van der Waals surface area contributed by atoms with Crippen molar-refractivity contribution in [3.05, 3.63) is 70.5 Å². The Bertz CT molecular complexity index is 1050. The third-order valence-corrected chi connectivity index (χ3v) is 4.21. The number of H-pyrrole nitrogens is 1. The fourth-order valence-corrected chi connectivity index (χ4v) is 2.98. The number of aromatic nitrogens is 4. The Hall–Kier alpha value is -3.26. The fraction of sp³-hybridized carbons (Fsp3) is 0. The first kappa shape index (κ1) is 14.3. The summed E-state index contributed by atoms with van der Waals surface area (Å²) < 4.78 is 1.97. The summed E-state index contributed by atoms with van der Waals surface area (Å²) in [5.41, 5.74) is 2.14. The van der Waals surface area contributed by atoms with Crippen molar-refractivity contribution in [1.29, 1.82) is 0 Å². The highest BCUT2D eigenvalue weighted by Gasteiger charge is 2.09. The SMILES string of the molecule is O=C(Nc1ccc(-c2cn3ccsc3n2)cc1)c1cc(=O)[nH]cn1. The van der Waals surface area contributed by atoms with Crippen LogP contribution < -0.4 is 10.9 Å². The Labute approximate surface area is 139 Å². The third kappa shape index (κ3) is 2.70. The van der Waals surface area contributed by atoms with E-state index in [1.807, 2.05) is 34.3 Å². The first-order chi connectivity index (χ1) is 11.7. The van der Waals surface area contributed by atoms with Crippen molar-refractivity contribution in [3.8, 4) is 11.3 Å². The first-order valence-electron chi connectivity index (χ1n) is 7.08. The minimum absolute atomic E-state index is 0.0668. The molecule has 0 unspecified atom stereocenters. The smallest absolute Gasteiger partial charge is 0.274 e. The van der Waals surface area contributed by atoms with Gasteiger partial charge in [-0.05, 0) is 12.1 Å². The summed E-state index contributed by atoms with van der Waals surface area (Å²) in [6.45, 7) is 0. The van der Waals surface area contributed by atoms with Gasteiger partial charge in [-0.1, -0.05) is 12.1 Å². The molecule has 0 aliphatic heterocycles. The maximum Gasteiger partial charge on any atom is 0.274 e. The van der Waals surface area contributed by atoms with Crippen LogP contribution in [0.15, 0.2) is 59.2 Å². The molecule has 0 atom stereocenters. The highest BCUT2D eigenvalue weighted by Crippen LogP contribution is 2.23. The van der Waals surface area contributed by atoms with Gasteiger partial charge < -0.3 is 10.3 Å². The van der Waals surface area contributed by atoms with E-state index in [4.69, 9.17) is 0 Å². The van der Waals surface area contributed by atoms with E-state index in [9.17, 15) is 9.59 Å². The molecule has 0 saturated heterocycles. The lowest BCUT2D eigenvalue weighted by Gasteiger charge is -2.05. The number of imidazole rings is 1. The molecule has 0 spiro atoms. The Morgan fingerprint density at radius 1 is 1.25 bits per heavy atom. The molecule has 1 amide bonds. The van der Waals surface area contributed by atoms with E-state index in [1.54, 1.807) is 23.5 Å². The van der Waals surface area contributed by atoms with Gasteiger partial charge in [0.25, 0.3) is 11.5 Å². The molecule has 8 heteroatoms. The molecule has 4 rings (SSSR count). The van der Waals surface area contributed by atoms with Gasteiger partial charge in [-0.25, -0.2) is 9.97 Å². The number of nitrogens with zero attached hydrogens (tertiary/aromatic N) is 3. The van der Waals surface area contributed by atoms with E-state index in [0.717, 1.165) is 22.3 Å². The van der Waals surface area contributed by atoms with Crippen molar-refractivity contribution in [2.75, 3.05) is 5.32 Å². The number of carbonyl (C=O) groups is 1. The monoisotopic (exact) mass is 337 g/mol. The molecule has 0 bridgehead atoms. The summed E-state index contributed by atoms with van der Waals surface area (Å²) in [6.07, 6.45) is 5.12. The van der Waals surface area contributed by atoms with Crippen molar-refractivity contribution in [1.82, 2.24) is 19.4 Å². The van der Waals surface area contributed by atoms with E-state index in [-0.39, 0.29) is 11.3 Å². The van der Waals surface area contributed by atoms with E-state index in [0.29, 0.717) is 5.69 Å². The molecular formula is C16H11N5O2S. The van der Waals surface area contributed by atoms with Gasteiger partial charge in [0.05, 0.1) is 12.0 Å². The van der Waals surface area contributed by atoms with Crippen molar-refractivity contribution in [2.45, 2.75) is 0 Å². The molecule has 1 aromatic carbocycles. The number of amides is 1. The molecule has 3 aromatic heterocycles. The molecular weight excluding hydrogens is 326 g/mol. The first-order valence-corrected chi connectivity index (χ1v) is 7.96. The second-order valence-electron chi connectivity index (χ2n) is 5.05. The Morgan fingerprint density at radius 2 is 2.08 bits per heavy atom. The van der Waals surface area contributed by atoms with Gasteiger partial charge in [0.2, 0.25) is 0 Å². The maximum atomic E-state index is 12.1. The van der Waals surface area contributed by atoms with Crippen LogP contribution in [-0.2, 0) is 0 Å². The lowest BCUT2D eigenvalue weighted by Crippen LogP contribution is -2.17. The van der Waals surface area contributed by atoms with Crippen LogP contribution in [0.25, 0.3) is 16.2 Å². The number of aromatic amines is 1. The maximum absolute atomic E-state index is 12.1. The van der Waals surface area contributed by atoms with Crippen LogP contribution in [0.1, 0.15) is 10.5 Å². The summed E-state index contributed by atoms with van der Waals surface area (Å²) in [7, 11) is 0. The average Bonchev–Trinajstić information content (AvgIpc) is 3.17. The lowest BCUT2D eigenvalue weighted by atomic mass is 10.1. The number of hydrogen-bond acceptors (Lipinski definition) is 5. The number of rotatable bonds is 3. The van der Waals surface area contributed by atoms with Crippen LogP contribution in [-0.4, -0.2) is 25.3 Å². The van der Waals surface area contributed by atoms with Gasteiger partial charge >= 0.3 is 0 Å². The number of thiazole rings is 1. The van der Waals surface area contributed by atoms with Gasteiger partial charge in [0, 0.05) is 35.1 Å². The normalized spacial score (nSPS) is 10.8. The van der Waals surface area contributed by atoms with E-state index >= 15 is 0 Å². The van der Waals surface area contributed by atoms with E-state index < -0.39 is 5.91 Å². The third-order valence-electron chi connectivity index (χ3n) is 3.44. The van der Waals surface area contributed by atoms with Gasteiger partial charge in [-0.15, -0.1) is 11.3 Å². The molecule has 0 radical (unpaired) electrons. The molecule has 118 valence electrons. The second kappa shape index (κ2) is 5.74. The number of hydrogen-bond donors (Lipinski definition) is 2. The highest BCUT2D eigenvalue weighted by molar-refractivity contribution is 7.15. The van der Waals surface area contributed by atoms with Crippen molar-refractivity contribution >= 4 is 27.9 Å². The minimum Gasteiger partial charge on any atom is -0.321 e. The second-order valence-corrected chi connectivity index (χ2v) is 5.92. The Balaban J connectivity index is 1.54. The molecule has 0 aliphatic rings. The Kier molecular flexibility index (Phi) is 3.43. The number of nitrogens with one attached hydrogen (secondary N) is 2. The number of anilines is 1. The topological polar surface area (TPSA) is 92.2 Å².